The lowest BCUT2D eigenvalue weighted by Crippen LogP contribution is -2.14. The monoisotopic (exact) mass is 419 g/mol. The van der Waals surface area contributed by atoms with Gasteiger partial charge in [0.2, 0.25) is 11.1 Å². The van der Waals surface area contributed by atoms with Crippen LogP contribution in [0.1, 0.15) is 31.1 Å². The summed E-state index contributed by atoms with van der Waals surface area (Å²) in [4.78, 5) is 28.7. The Morgan fingerprint density at radius 3 is 2.53 bits per heavy atom. The van der Waals surface area contributed by atoms with Crippen LogP contribution in [0.25, 0.3) is 22.1 Å². The van der Waals surface area contributed by atoms with Crippen LogP contribution in [0, 0.1) is 0 Å². The molecule has 4 aromatic rings. The largest absolute Gasteiger partial charge is 0.326 e. The van der Waals surface area contributed by atoms with Crippen LogP contribution in [-0.2, 0) is 11.3 Å². The van der Waals surface area contributed by atoms with Crippen LogP contribution < -0.4 is 5.32 Å². The van der Waals surface area contributed by atoms with E-state index in [2.05, 4.69) is 27.0 Å². The van der Waals surface area contributed by atoms with Gasteiger partial charge in [-0.1, -0.05) is 30.0 Å². The number of fused-ring (bicyclic) bond motifs is 3. The number of hydrogen-bond acceptors (Lipinski definition) is 6. The van der Waals surface area contributed by atoms with Gasteiger partial charge in [-0.15, -0.1) is 10.2 Å². The molecular formula is C22H21N5O2S. The smallest absolute Gasteiger partial charge is 0.221 e. The maximum absolute atomic E-state index is 12.8. The van der Waals surface area contributed by atoms with Gasteiger partial charge in [-0.25, -0.2) is 4.98 Å². The van der Waals surface area contributed by atoms with Gasteiger partial charge >= 0.3 is 0 Å². The first-order valence-corrected chi connectivity index (χ1v) is 10.6. The second-order valence-electron chi connectivity index (χ2n) is 6.91. The van der Waals surface area contributed by atoms with Gasteiger partial charge in [-0.3, -0.25) is 9.59 Å². The van der Waals surface area contributed by atoms with Crippen molar-refractivity contribution in [2.24, 2.45) is 0 Å². The molecule has 0 radical (unpaired) electrons. The van der Waals surface area contributed by atoms with E-state index in [0.717, 1.165) is 28.6 Å². The summed E-state index contributed by atoms with van der Waals surface area (Å²) in [5, 5.41) is 12.5. The molecule has 1 N–H and O–H groups in total. The molecule has 0 saturated carbocycles. The van der Waals surface area contributed by atoms with Crippen molar-refractivity contribution in [2.75, 3.05) is 5.32 Å². The summed E-state index contributed by atoms with van der Waals surface area (Å²) >= 11 is 1.29. The molecule has 2 aromatic heterocycles. The first-order valence-electron chi connectivity index (χ1n) is 9.68. The topological polar surface area (TPSA) is 89.8 Å². The van der Waals surface area contributed by atoms with Crippen LogP contribution in [-0.4, -0.2) is 36.7 Å². The number of nitrogens with one attached hydrogen (secondary N) is 1. The quantitative estimate of drug-likeness (QED) is 0.370. The molecule has 0 aliphatic rings. The molecule has 0 bridgehead atoms. The van der Waals surface area contributed by atoms with E-state index < -0.39 is 0 Å². The predicted molar refractivity (Wildman–Crippen MR) is 119 cm³/mol. The van der Waals surface area contributed by atoms with Gasteiger partial charge in [0, 0.05) is 30.1 Å². The Morgan fingerprint density at radius 2 is 1.83 bits per heavy atom. The predicted octanol–water partition coefficient (Wildman–Crippen LogP) is 4.32. The van der Waals surface area contributed by atoms with E-state index in [1.165, 1.54) is 18.7 Å². The van der Waals surface area contributed by atoms with Gasteiger partial charge in [0.25, 0.3) is 0 Å². The number of aryl methyl sites for hydroxylation is 1. The van der Waals surface area contributed by atoms with Gasteiger partial charge in [0.15, 0.2) is 11.4 Å². The van der Waals surface area contributed by atoms with Gasteiger partial charge in [0.1, 0.15) is 5.52 Å². The van der Waals surface area contributed by atoms with Crippen LogP contribution in [0.2, 0.25) is 0 Å². The van der Waals surface area contributed by atoms with Crippen molar-refractivity contribution < 1.29 is 9.59 Å². The van der Waals surface area contributed by atoms with E-state index >= 15 is 0 Å². The van der Waals surface area contributed by atoms with Crippen molar-refractivity contribution in [1.29, 1.82) is 0 Å². The van der Waals surface area contributed by atoms with E-state index in [4.69, 9.17) is 4.98 Å². The minimum Gasteiger partial charge on any atom is -0.326 e. The number of ketones is 1. The summed E-state index contributed by atoms with van der Waals surface area (Å²) in [6.07, 6.45) is 0. The highest BCUT2D eigenvalue weighted by Crippen LogP contribution is 2.29. The zero-order valence-electron chi connectivity index (χ0n) is 16.9. The first kappa shape index (κ1) is 20.0. The minimum atomic E-state index is -0.379. The number of benzene rings is 2. The molecular weight excluding hydrogens is 398 g/mol. The molecule has 2 heterocycles. The zero-order chi connectivity index (χ0) is 21.3. The highest BCUT2D eigenvalue weighted by Gasteiger charge is 2.20. The van der Waals surface area contributed by atoms with Crippen LogP contribution in [0.3, 0.4) is 0 Å². The molecule has 2 aromatic carbocycles. The lowest BCUT2D eigenvalue weighted by Gasteiger charge is -2.10. The molecule has 7 nitrogen and oxygen atoms in total. The average Bonchev–Trinajstić information content (AvgIpc) is 3.06. The molecule has 1 amide bonds. The molecule has 0 fully saturated rings. The molecule has 152 valence electrons. The van der Waals surface area contributed by atoms with Crippen LogP contribution in [0.15, 0.2) is 53.7 Å². The number of rotatable bonds is 6. The molecule has 0 aliphatic heterocycles. The van der Waals surface area contributed by atoms with E-state index in [1.807, 2.05) is 31.2 Å². The maximum atomic E-state index is 12.8. The van der Waals surface area contributed by atoms with E-state index in [1.54, 1.807) is 24.3 Å². The second kappa shape index (κ2) is 8.23. The molecule has 4 rings (SSSR count). The van der Waals surface area contributed by atoms with Crippen molar-refractivity contribution in [3.05, 3.63) is 54.1 Å². The SMILES string of the molecule is CCn1c2ccccc2c2nnc(S[C@@H](C)C(=O)c3ccc(NC(C)=O)cc3)nc21. The molecule has 0 aliphatic carbocycles. The number of carbonyl (C=O) groups is 2. The third-order valence-corrected chi connectivity index (χ3v) is 5.76. The van der Waals surface area contributed by atoms with Gasteiger partial charge in [-0.2, -0.15) is 0 Å². The molecule has 0 unspecified atom stereocenters. The third kappa shape index (κ3) is 3.78. The van der Waals surface area contributed by atoms with Gasteiger partial charge in [0.05, 0.1) is 10.8 Å². The van der Waals surface area contributed by atoms with E-state index in [-0.39, 0.29) is 16.9 Å². The summed E-state index contributed by atoms with van der Waals surface area (Å²) in [5.41, 5.74) is 3.84. The lowest BCUT2D eigenvalue weighted by molar-refractivity contribution is -0.114. The van der Waals surface area contributed by atoms with Gasteiger partial charge in [-0.05, 0) is 44.2 Å². The Bertz CT molecular complexity index is 1250. The van der Waals surface area contributed by atoms with Crippen molar-refractivity contribution in [2.45, 2.75) is 37.7 Å². The molecule has 0 saturated heterocycles. The lowest BCUT2D eigenvalue weighted by atomic mass is 10.1. The Morgan fingerprint density at radius 1 is 1.10 bits per heavy atom. The second-order valence-corrected chi connectivity index (χ2v) is 8.22. The Labute approximate surface area is 177 Å². The Kier molecular flexibility index (Phi) is 5.50. The van der Waals surface area contributed by atoms with E-state index in [0.29, 0.717) is 16.4 Å². The Hall–Kier alpha value is -3.26. The van der Waals surface area contributed by atoms with Crippen molar-refractivity contribution in [3.8, 4) is 0 Å². The van der Waals surface area contributed by atoms with Gasteiger partial charge < -0.3 is 9.88 Å². The van der Waals surface area contributed by atoms with Crippen molar-refractivity contribution in [1.82, 2.24) is 19.7 Å². The third-order valence-electron chi connectivity index (χ3n) is 4.81. The summed E-state index contributed by atoms with van der Waals surface area (Å²) in [6, 6.07) is 14.9. The number of anilines is 1. The number of amides is 1. The normalized spacial score (nSPS) is 12.2. The average molecular weight is 420 g/mol. The van der Waals surface area contributed by atoms with Crippen LogP contribution >= 0.6 is 11.8 Å². The molecule has 0 spiro atoms. The minimum absolute atomic E-state index is 0.0332. The fourth-order valence-corrected chi connectivity index (χ4v) is 4.21. The number of Topliss-reactive ketones (excluding diaryl/α,β-unsaturated/α-hetero) is 1. The molecule has 8 heteroatoms. The fraction of sp³-hybridized carbons (Fsp3) is 0.227. The molecule has 30 heavy (non-hydrogen) atoms. The number of carbonyl (C=O) groups excluding carboxylic acids is 2. The number of nitrogens with zero attached hydrogens (tertiary/aromatic N) is 4. The molecule has 1 atom stereocenters. The highest BCUT2D eigenvalue weighted by atomic mass is 32.2. The van der Waals surface area contributed by atoms with Crippen molar-refractivity contribution in [3.63, 3.8) is 0 Å². The summed E-state index contributed by atoms with van der Waals surface area (Å²) in [7, 11) is 0. The first-order chi connectivity index (χ1) is 14.5. The van der Waals surface area contributed by atoms with Crippen LogP contribution in [0.4, 0.5) is 5.69 Å². The highest BCUT2D eigenvalue weighted by molar-refractivity contribution is 8.00. The van der Waals surface area contributed by atoms with E-state index in [9.17, 15) is 9.59 Å². The number of para-hydroxylation sites is 1. The summed E-state index contributed by atoms with van der Waals surface area (Å²) < 4.78 is 2.11. The standard InChI is InChI=1S/C22H21N5O2S/c1-4-27-18-8-6-5-7-17(18)19-21(27)24-22(26-25-19)30-13(2)20(29)15-9-11-16(12-10-15)23-14(3)28/h5-13H,4H2,1-3H3,(H,23,28)/t13-/m0/s1. The fourth-order valence-electron chi connectivity index (χ4n) is 3.43. The summed E-state index contributed by atoms with van der Waals surface area (Å²) in [6.45, 7) is 6.11. The maximum Gasteiger partial charge on any atom is 0.221 e. The van der Waals surface area contributed by atoms with Crippen LogP contribution in [0.5, 0.6) is 0 Å². The number of thioether (sulfide) groups is 1. The number of hydrogen-bond donors (Lipinski definition) is 1. The van der Waals surface area contributed by atoms with Crippen molar-refractivity contribution >= 4 is 51.2 Å². The number of aromatic nitrogens is 4. The zero-order valence-corrected chi connectivity index (χ0v) is 17.7. The summed E-state index contributed by atoms with van der Waals surface area (Å²) in [5.74, 6) is -0.184. The Balaban J connectivity index is 1.58.